The zero-order valence-electron chi connectivity index (χ0n) is 9.89. The van der Waals surface area contributed by atoms with Crippen molar-refractivity contribution in [3.8, 4) is 0 Å². The van der Waals surface area contributed by atoms with Crippen molar-refractivity contribution in [2.24, 2.45) is 0 Å². The molecule has 1 aromatic heterocycles. The normalized spacial score (nSPS) is 11.6. The SMILES string of the molecule is CCS(=O)(=O)CCCn1cc(C)c(=O)[nH]c1=O. The van der Waals surface area contributed by atoms with Crippen LogP contribution in [0, 0.1) is 6.92 Å². The van der Waals surface area contributed by atoms with Gasteiger partial charge in [0.2, 0.25) is 0 Å². The molecule has 0 saturated carbocycles. The summed E-state index contributed by atoms with van der Waals surface area (Å²) in [7, 11) is -3.01. The van der Waals surface area contributed by atoms with E-state index in [1.807, 2.05) is 0 Å². The van der Waals surface area contributed by atoms with Crippen LogP contribution in [0.2, 0.25) is 0 Å². The van der Waals surface area contributed by atoms with E-state index >= 15 is 0 Å². The Hall–Kier alpha value is -1.37. The van der Waals surface area contributed by atoms with Gasteiger partial charge in [-0.3, -0.25) is 9.78 Å². The van der Waals surface area contributed by atoms with E-state index in [9.17, 15) is 18.0 Å². The number of hydrogen-bond acceptors (Lipinski definition) is 4. The highest BCUT2D eigenvalue weighted by Gasteiger charge is 2.07. The Morgan fingerprint density at radius 3 is 2.59 bits per heavy atom. The molecule has 0 spiro atoms. The standard InChI is InChI=1S/C10H16N2O4S/c1-3-17(15,16)6-4-5-12-7-8(2)9(13)11-10(12)14/h7H,3-6H2,1-2H3,(H,11,13,14). The molecule has 96 valence electrons. The van der Waals surface area contributed by atoms with Gasteiger partial charge in [-0.15, -0.1) is 0 Å². The van der Waals surface area contributed by atoms with Gasteiger partial charge in [-0.1, -0.05) is 6.92 Å². The zero-order chi connectivity index (χ0) is 13.1. The van der Waals surface area contributed by atoms with E-state index in [1.165, 1.54) is 10.8 Å². The summed E-state index contributed by atoms with van der Waals surface area (Å²) in [5, 5.41) is 0. The van der Waals surface area contributed by atoms with E-state index in [4.69, 9.17) is 0 Å². The highest BCUT2D eigenvalue weighted by molar-refractivity contribution is 7.91. The summed E-state index contributed by atoms with van der Waals surface area (Å²) >= 11 is 0. The van der Waals surface area contributed by atoms with Crippen LogP contribution in [-0.2, 0) is 16.4 Å². The van der Waals surface area contributed by atoms with Gasteiger partial charge in [-0.2, -0.15) is 0 Å². The molecule has 0 amide bonds. The second kappa shape index (κ2) is 5.31. The molecular weight excluding hydrogens is 244 g/mol. The van der Waals surface area contributed by atoms with Gasteiger partial charge in [0.25, 0.3) is 5.56 Å². The molecule has 0 aliphatic heterocycles. The first kappa shape index (κ1) is 13.7. The molecule has 1 N–H and O–H groups in total. The Morgan fingerprint density at radius 2 is 2.00 bits per heavy atom. The summed E-state index contributed by atoms with van der Waals surface area (Å²) in [6, 6.07) is 0. The van der Waals surface area contributed by atoms with Crippen molar-refractivity contribution >= 4 is 9.84 Å². The molecule has 0 aromatic carbocycles. The van der Waals surface area contributed by atoms with E-state index in [1.54, 1.807) is 13.8 Å². The Balaban J connectivity index is 2.75. The molecule has 17 heavy (non-hydrogen) atoms. The first-order valence-corrected chi connectivity index (χ1v) is 7.18. The molecule has 0 atom stereocenters. The summed E-state index contributed by atoms with van der Waals surface area (Å²) in [5.74, 6) is 0.153. The predicted octanol–water partition coefficient (Wildman–Crippen LogP) is -0.330. The molecule has 0 aliphatic carbocycles. The smallest absolute Gasteiger partial charge is 0.300 e. The molecule has 0 radical (unpaired) electrons. The minimum Gasteiger partial charge on any atom is -0.300 e. The number of nitrogens with one attached hydrogen (secondary N) is 1. The van der Waals surface area contributed by atoms with E-state index in [0.29, 0.717) is 12.0 Å². The van der Waals surface area contributed by atoms with Gasteiger partial charge in [0.1, 0.15) is 9.84 Å². The lowest BCUT2D eigenvalue weighted by Gasteiger charge is -2.05. The summed E-state index contributed by atoms with van der Waals surface area (Å²) in [6.45, 7) is 3.47. The largest absolute Gasteiger partial charge is 0.328 e. The second-order valence-corrected chi connectivity index (χ2v) is 6.33. The lowest BCUT2D eigenvalue weighted by atomic mass is 10.4. The van der Waals surface area contributed by atoms with E-state index in [-0.39, 0.29) is 18.1 Å². The molecule has 7 heteroatoms. The van der Waals surface area contributed by atoms with Crippen LogP contribution in [0.25, 0.3) is 0 Å². The number of sulfone groups is 1. The van der Waals surface area contributed by atoms with Crippen molar-refractivity contribution in [2.45, 2.75) is 26.8 Å². The van der Waals surface area contributed by atoms with Gasteiger partial charge in [-0.05, 0) is 13.3 Å². The minimum atomic E-state index is -3.01. The fourth-order valence-corrected chi connectivity index (χ4v) is 2.24. The highest BCUT2D eigenvalue weighted by atomic mass is 32.2. The third-order valence-corrected chi connectivity index (χ3v) is 4.27. The zero-order valence-corrected chi connectivity index (χ0v) is 10.7. The molecule has 0 unspecified atom stereocenters. The van der Waals surface area contributed by atoms with Gasteiger partial charge in [0, 0.05) is 24.1 Å². The Bertz CT molecular complexity index is 597. The molecule has 1 rings (SSSR count). The molecule has 1 aromatic rings. The van der Waals surface area contributed by atoms with Crippen molar-refractivity contribution in [3.05, 3.63) is 32.6 Å². The topological polar surface area (TPSA) is 89.0 Å². The lowest BCUT2D eigenvalue weighted by molar-refractivity contribution is 0.581. The van der Waals surface area contributed by atoms with Gasteiger partial charge in [-0.25, -0.2) is 13.2 Å². The fraction of sp³-hybridized carbons (Fsp3) is 0.600. The number of aryl methyl sites for hydroxylation is 2. The van der Waals surface area contributed by atoms with E-state index in [2.05, 4.69) is 4.98 Å². The number of hydrogen-bond donors (Lipinski definition) is 1. The molecule has 0 fully saturated rings. The molecule has 1 heterocycles. The van der Waals surface area contributed by atoms with Crippen LogP contribution in [0.4, 0.5) is 0 Å². The number of aromatic amines is 1. The number of nitrogens with zero attached hydrogens (tertiary/aromatic N) is 1. The van der Waals surface area contributed by atoms with Crippen molar-refractivity contribution in [1.82, 2.24) is 9.55 Å². The fourth-order valence-electron chi connectivity index (χ4n) is 1.38. The number of aromatic nitrogens is 2. The average Bonchev–Trinajstić information content (AvgIpc) is 2.25. The molecule has 0 bridgehead atoms. The summed E-state index contributed by atoms with van der Waals surface area (Å²) in [5.41, 5.74) is -0.482. The van der Waals surface area contributed by atoms with Gasteiger partial charge in [0.15, 0.2) is 0 Å². The minimum absolute atomic E-state index is 0.0497. The van der Waals surface area contributed by atoms with Crippen molar-refractivity contribution in [1.29, 1.82) is 0 Å². The summed E-state index contributed by atoms with van der Waals surface area (Å²) < 4.78 is 23.8. The molecule has 6 nitrogen and oxygen atoms in total. The molecule has 0 aliphatic rings. The first-order chi connectivity index (χ1) is 7.85. The number of H-pyrrole nitrogens is 1. The highest BCUT2D eigenvalue weighted by Crippen LogP contribution is 1.95. The summed E-state index contributed by atoms with van der Waals surface area (Å²) in [4.78, 5) is 24.7. The van der Waals surface area contributed by atoms with Gasteiger partial charge in [0.05, 0.1) is 5.75 Å². The van der Waals surface area contributed by atoms with Gasteiger partial charge < -0.3 is 4.57 Å². The Kier molecular flexibility index (Phi) is 4.28. The van der Waals surface area contributed by atoms with Crippen LogP contribution in [-0.4, -0.2) is 29.5 Å². The molecule has 0 saturated heterocycles. The third kappa shape index (κ3) is 3.85. The maximum atomic E-state index is 11.4. The maximum Gasteiger partial charge on any atom is 0.328 e. The number of rotatable bonds is 5. The lowest BCUT2D eigenvalue weighted by Crippen LogP contribution is -2.31. The van der Waals surface area contributed by atoms with E-state index in [0.717, 1.165) is 0 Å². The first-order valence-electron chi connectivity index (χ1n) is 5.36. The Morgan fingerprint density at radius 1 is 1.35 bits per heavy atom. The van der Waals surface area contributed by atoms with Crippen LogP contribution < -0.4 is 11.2 Å². The third-order valence-electron chi connectivity index (χ3n) is 2.48. The van der Waals surface area contributed by atoms with Crippen LogP contribution in [0.1, 0.15) is 18.9 Å². The van der Waals surface area contributed by atoms with Gasteiger partial charge >= 0.3 is 5.69 Å². The van der Waals surface area contributed by atoms with Crippen LogP contribution in [0.15, 0.2) is 15.8 Å². The summed E-state index contributed by atoms with van der Waals surface area (Å²) in [6.07, 6.45) is 1.81. The quantitative estimate of drug-likeness (QED) is 0.785. The average molecular weight is 260 g/mol. The van der Waals surface area contributed by atoms with Crippen LogP contribution in [0.3, 0.4) is 0 Å². The van der Waals surface area contributed by atoms with Crippen molar-refractivity contribution in [3.63, 3.8) is 0 Å². The predicted molar refractivity (Wildman–Crippen MR) is 65.0 cm³/mol. The van der Waals surface area contributed by atoms with Crippen LogP contribution in [0.5, 0.6) is 0 Å². The molecular formula is C10H16N2O4S. The van der Waals surface area contributed by atoms with E-state index < -0.39 is 21.1 Å². The van der Waals surface area contributed by atoms with Crippen molar-refractivity contribution < 1.29 is 8.42 Å². The second-order valence-electron chi connectivity index (χ2n) is 3.85. The Labute approximate surface area is 99.2 Å². The maximum absolute atomic E-state index is 11.4. The monoisotopic (exact) mass is 260 g/mol. The van der Waals surface area contributed by atoms with Crippen molar-refractivity contribution in [2.75, 3.05) is 11.5 Å². The van der Waals surface area contributed by atoms with Crippen LogP contribution >= 0.6 is 0 Å².